The Morgan fingerprint density at radius 3 is 1.57 bits per heavy atom. The fourth-order valence-corrected chi connectivity index (χ4v) is 3.16. The number of nitrogens with zero attached hydrogens (tertiary/aromatic N) is 3. The molecule has 23 heavy (non-hydrogen) atoms. The molecule has 1 saturated heterocycles. The van der Waals surface area contributed by atoms with Gasteiger partial charge in [0.05, 0.1) is 20.0 Å². The van der Waals surface area contributed by atoms with E-state index in [1.165, 1.54) is 11.4 Å². The van der Waals surface area contributed by atoms with Crippen molar-refractivity contribution in [2.24, 2.45) is 0 Å². The number of hydrogen-bond acceptors (Lipinski definition) is 3. The zero-order valence-electron chi connectivity index (χ0n) is 13.3. The lowest BCUT2D eigenvalue weighted by molar-refractivity contribution is 0.242. The summed E-state index contributed by atoms with van der Waals surface area (Å²) in [5, 5.41) is 1.54. The van der Waals surface area contributed by atoms with Gasteiger partial charge in [0.2, 0.25) is 0 Å². The van der Waals surface area contributed by atoms with Gasteiger partial charge < -0.3 is 9.80 Å². The third-order valence-electron chi connectivity index (χ3n) is 4.01. The zero-order chi connectivity index (χ0) is 16.2. The Labute approximate surface area is 148 Å². The third kappa shape index (κ3) is 4.11. The highest BCUT2D eigenvalue weighted by Crippen LogP contribution is 2.25. The minimum absolute atomic E-state index is 0.769. The van der Waals surface area contributed by atoms with Crippen LogP contribution in [0.5, 0.6) is 0 Å². The lowest BCUT2D eigenvalue weighted by Gasteiger charge is -2.44. The number of hydrogen-bond donors (Lipinski definition) is 0. The van der Waals surface area contributed by atoms with Crippen LogP contribution in [0.25, 0.3) is 0 Å². The molecule has 3 nitrogen and oxygen atoms in total. The van der Waals surface area contributed by atoms with Gasteiger partial charge in [0.15, 0.2) is 0 Å². The van der Waals surface area contributed by atoms with Crippen LogP contribution < -0.4 is 9.80 Å². The van der Waals surface area contributed by atoms with Gasteiger partial charge in [-0.3, -0.25) is 4.90 Å². The molecule has 0 amide bonds. The van der Waals surface area contributed by atoms with Crippen LogP contribution in [0, 0.1) is 0 Å². The summed E-state index contributed by atoms with van der Waals surface area (Å²) in [6, 6.07) is 16.1. The summed E-state index contributed by atoms with van der Waals surface area (Å²) in [5.74, 6) is 0. The molecule has 3 rings (SSSR count). The zero-order valence-corrected chi connectivity index (χ0v) is 14.8. The van der Waals surface area contributed by atoms with Crippen molar-refractivity contribution >= 4 is 34.6 Å². The van der Waals surface area contributed by atoms with Gasteiger partial charge in [-0.25, -0.2) is 0 Å². The van der Waals surface area contributed by atoms with Crippen molar-refractivity contribution in [3.63, 3.8) is 0 Å². The number of benzene rings is 2. The van der Waals surface area contributed by atoms with Crippen molar-refractivity contribution in [1.29, 1.82) is 0 Å². The van der Waals surface area contributed by atoms with Gasteiger partial charge in [-0.15, -0.1) is 0 Å². The lowest BCUT2D eigenvalue weighted by atomic mass is 10.2. The number of rotatable bonds is 4. The first kappa shape index (κ1) is 16.4. The summed E-state index contributed by atoms with van der Waals surface area (Å²) in [5.41, 5.74) is 2.38. The predicted molar refractivity (Wildman–Crippen MR) is 99.5 cm³/mol. The summed E-state index contributed by atoms with van der Waals surface area (Å²) in [6.45, 7) is 6.00. The van der Waals surface area contributed by atoms with E-state index < -0.39 is 0 Å². The fraction of sp³-hybridized carbons (Fsp3) is 0.333. The lowest BCUT2D eigenvalue weighted by Crippen LogP contribution is -2.55. The Hall–Kier alpha value is -1.42. The summed E-state index contributed by atoms with van der Waals surface area (Å²) < 4.78 is 0. The molecule has 0 atom stereocenters. The summed E-state index contributed by atoms with van der Waals surface area (Å²) in [4.78, 5) is 7.18. The van der Waals surface area contributed by atoms with Crippen molar-refractivity contribution in [3.8, 4) is 0 Å². The van der Waals surface area contributed by atoms with Crippen molar-refractivity contribution in [2.45, 2.75) is 13.3 Å². The van der Waals surface area contributed by atoms with Crippen molar-refractivity contribution < 1.29 is 0 Å². The standard InChI is InChI=1S/C18H21Cl2N3/c1-2-11-21-12-22(17-7-3-15(19)4-8-17)14-23(13-21)18-9-5-16(20)6-10-18/h3-10H,2,11-14H2,1H3. The highest BCUT2D eigenvalue weighted by atomic mass is 35.5. The quantitative estimate of drug-likeness (QED) is 0.776. The normalized spacial score (nSPS) is 16.0. The fourth-order valence-electron chi connectivity index (χ4n) is 2.91. The molecule has 122 valence electrons. The van der Waals surface area contributed by atoms with Crippen LogP contribution in [-0.4, -0.2) is 31.5 Å². The molecule has 0 N–H and O–H groups in total. The molecular formula is C18H21Cl2N3. The smallest absolute Gasteiger partial charge is 0.0928 e. The second-order valence-corrected chi connectivity index (χ2v) is 6.72. The molecule has 0 radical (unpaired) electrons. The van der Waals surface area contributed by atoms with Crippen LogP contribution in [0.1, 0.15) is 13.3 Å². The van der Waals surface area contributed by atoms with Crippen LogP contribution in [0.4, 0.5) is 11.4 Å². The first-order chi connectivity index (χ1) is 11.2. The molecule has 1 fully saturated rings. The molecule has 0 aliphatic carbocycles. The van der Waals surface area contributed by atoms with Crippen molar-refractivity contribution in [1.82, 2.24) is 4.90 Å². The number of anilines is 2. The topological polar surface area (TPSA) is 9.72 Å². The van der Waals surface area contributed by atoms with E-state index in [0.29, 0.717) is 0 Å². The number of halogens is 2. The Bertz CT molecular complexity index is 574. The predicted octanol–water partition coefficient (Wildman–Crippen LogP) is 4.90. The van der Waals surface area contributed by atoms with Crippen LogP contribution in [0.2, 0.25) is 10.0 Å². The van der Waals surface area contributed by atoms with Crippen molar-refractivity contribution in [3.05, 3.63) is 58.6 Å². The maximum absolute atomic E-state index is 6.02. The Morgan fingerprint density at radius 1 is 0.739 bits per heavy atom. The Kier molecular flexibility index (Phi) is 5.31. The molecule has 0 saturated carbocycles. The highest BCUT2D eigenvalue weighted by molar-refractivity contribution is 6.30. The monoisotopic (exact) mass is 349 g/mol. The van der Waals surface area contributed by atoms with E-state index >= 15 is 0 Å². The van der Waals surface area contributed by atoms with E-state index in [4.69, 9.17) is 23.2 Å². The summed E-state index contributed by atoms with van der Waals surface area (Å²) in [7, 11) is 0. The SMILES string of the molecule is CCCN1CN(c2ccc(Cl)cc2)CN(c2ccc(Cl)cc2)C1. The second-order valence-electron chi connectivity index (χ2n) is 5.85. The summed E-state index contributed by atoms with van der Waals surface area (Å²) >= 11 is 12.0. The van der Waals surface area contributed by atoms with Gasteiger partial charge in [0, 0.05) is 28.0 Å². The van der Waals surface area contributed by atoms with Gasteiger partial charge in [0.1, 0.15) is 0 Å². The van der Waals surface area contributed by atoms with E-state index in [1.54, 1.807) is 0 Å². The van der Waals surface area contributed by atoms with E-state index in [9.17, 15) is 0 Å². The van der Waals surface area contributed by atoms with Gasteiger partial charge in [-0.05, 0) is 55.0 Å². The van der Waals surface area contributed by atoms with Crippen molar-refractivity contribution in [2.75, 3.05) is 36.4 Å². The van der Waals surface area contributed by atoms with E-state index in [-0.39, 0.29) is 0 Å². The molecule has 1 aliphatic heterocycles. The molecule has 0 unspecified atom stereocenters. The average molecular weight is 350 g/mol. The minimum Gasteiger partial charge on any atom is -0.341 e. The first-order valence-electron chi connectivity index (χ1n) is 7.89. The molecule has 5 heteroatoms. The van der Waals surface area contributed by atoms with Gasteiger partial charge in [-0.2, -0.15) is 0 Å². The molecule has 1 heterocycles. The van der Waals surface area contributed by atoms with E-state index in [2.05, 4.69) is 45.9 Å². The van der Waals surface area contributed by atoms with Gasteiger partial charge in [0.25, 0.3) is 0 Å². The van der Waals surface area contributed by atoms with Crippen LogP contribution in [0.3, 0.4) is 0 Å². The molecule has 2 aromatic rings. The molecule has 0 aromatic heterocycles. The molecular weight excluding hydrogens is 329 g/mol. The molecule has 1 aliphatic rings. The third-order valence-corrected chi connectivity index (χ3v) is 4.51. The Morgan fingerprint density at radius 2 is 1.17 bits per heavy atom. The van der Waals surface area contributed by atoms with E-state index in [0.717, 1.165) is 43.0 Å². The van der Waals surface area contributed by atoms with Gasteiger partial charge in [-0.1, -0.05) is 30.1 Å². The van der Waals surface area contributed by atoms with Crippen LogP contribution >= 0.6 is 23.2 Å². The Balaban J connectivity index is 1.82. The van der Waals surface area contributed by atoms with Gasteiger partial charge >= 0.3 is 0 Å². The van der Waals surface area contributed by atoms with Crippen LogP contribution in [0.15, 0.2) is 48.5 Å². The molecule has 0 bridgehead atoms. The molecule has 2 aromatic carbocycles. The maximum Gasteiger partial charge on any atom is 0.0928 e. The maximum atomic E-state index is 6.02. The highest BCUT2D eigenvalue weighted by Gasteiger charge is 2.23. The van der Waals surface area contributed by atoms with Crippen LogP contribution in [-0.2, 0) is 0 Å². The first-order valence-corrected chi connectivity index (χ1v) is 8.64. The molecule has 0 spiro atoms. The largest absolute Gasteiger partial charge is 0.341 e. The van der Waals surface area contributed by atoms with E-state index in [1.807, 2.05) is 24.3 Å². The minimum atomic E-state index is 0.769. The summed E-state index contributed by atoms with van der Waals surface area (Å²) in [6.07, 6.45) is 1.14. The second kappa shape index (κ2) is 7.43. The average Bonchev–Trinajstić information content (AvgIpc) is 2.56.